The fourth-order valence-electron chi connectivity index (χ4n) is 4.12. The predicted octanol–water partition coefficient (Wildman–Crippen LogP) is 2.31. The molecule has 25 heavy (non-hydrogen) atoms. The average molecular weight is 337 g/mol. The van der Waals surface area contributed by atoms with Crippen LogP contribution in [0.25, 0.3) is 0 Å². The predicted molar refractivity (Wildman–Crippen MR) is 95.4 cm³/mol. The van der Waals surface area contributed by atoms with Crippen molar-refractivity contribution in [3.05, 3.63) is 48.2 Å². The molecule has 0 aliphatic carbocycles. The maximum absolute atomic E-state index is 12.7. The molecule has 2 aliphatic rings. The van der Waals surface area contributed by atoms with Crippen molar-refractivity contribution in [2.45, 2.75) is 26.2 Å². The SMILES string of the molecule is Cc1cccc(N2CCC3(CCCN(C(=O)c4cnccn4)C3)C2)n1. The third-order valence-electron chi connectivity index (χ3n) is 5.37. The van der Waals surface area contributed by atoms with Gasteiger partial charge in [0.25, 0.3) is 5.91 Å². The second-order valence-electron chi connectivity index (χ2n) is 7.23. The molecule has 2 aromatic heterocycles. The summed E-state index contributed by atoms with van der Waals surface area (Å²) >= 11 is 0. The van der Waals surface area contributed by atoms with Crippen LogP contribution in [-0.2, 0) is 0 Å². The van der Waals surface area contributed by atoms with E-state index in [4.69, 9.17) is 0 Å². The molecule has 0 saturated carbocycles. The molecule has 6 heteroatoms. The summed E-state index contributed by atoms with van der Waals surface area (Å²) in [7, 11) is 0. The van der Waals surface area contributed by atoms with E-state index in [0.717, 1.165) is 50.5 Å². The molecule has 2 saturated heterocycles. The second kappa shape index (κ2) is 6.43. The maximum Gasteiger partial charge on any atom is 0.274 e. The highest BCUT2D eigenvalue weighted by atomic mass is 16.2. The first-order valence-electron chi connectivity index (χ1n) is 8.89. The summed E-state index contributed by atoms with van der Waals surface area (Å²) in [6.07, 6.45) is 8.04. The first kappa shape index (κ1) is 16.0. The van der Waals surface area contributed by atoms with Crippen molar-refractivity contribution < 1.29 is 4.79 Å². The summed E-state index contributed by atoms with van der Waals surface area (Å²) in [6.45, 7) is 5.60. The smallest absolute Gasteiger partial charge is 0.274 e. The van der Waals surface area contributed by atoms with Crippen LogP contribution in [0.1, 0.15) is 35.4 Å². The Hall–Kier alpha value is -2.50. The van der Waals surface area contributed by atoms with Gasteiger partial charge in [0.1, 0.15) is 11.5 Å². The minimum Gasteiger partial charge on any atom is -0.356 e. The molecule has 1 unspecified atom stereocenters. The van der Waals surface area contributed by atoms with Gasteiger partial charge in [0.05, 0.1) is 6.20 Å². The molecule has 6 nitrogen and oxygen atoms in total. The zero-order chi connectivity index (χ0) is 17.3. The van der Waals surface area contributed by atoms with Gasteiger partial charge in [-0.15, -0.1) is 0 Å². The Morgan fingerprint density at radius 3 is 2.88 bits per heavy atom. The van der Waals surface area contributed by atoms with Crippen molar-refractivity contribution >= 4 is 11.7 Å². The summed E-state index contributed by atoms with van der Waals surface area (Å²) in [5, 5.41) is 0. The van der Waals surface area contributed by atoms with Crippen LogP contribution in [0.2, 0.25) is 0 Å². The number of hydrogen-bond donors (Lipinski definition) is 0. The van der Waals surface area contributed by atoms with E-state index in [1.165, 1.54) is 6.42 Å². The van der Waals surface area contributed by atoms with E-state index in [1.807, 2.05) is 17.9 Å². The van der Waals surface area contributed by atoms with Crippen LogP contribution in [0.3, 0.4) is 0 Å². The molecule has 0 N–H and O–H groups in total. The molecule has 4 rings (SSSR count). The van der Waals surface area contributed by atoms with Crippen LogP contribution in [0.15, 0.2) is 36.8 Å². The van der Waals surface area contributed by atoms with E-state index < -0.39 is 0 Å². The van der Waals surface area contributed by atoms with E-state index >= 15 is 0 Å². The zero-order valence-corrected chi connectivity index (χ0v) is 14.6. The van der Waals surface area contributed by atoms with Gasteiger partial charge >= 0.3 is 0 Å². The largest absolute Gasteiger partial charge is 0.356 e. The van der Waals surface area contributed by atoms with E-state index in [1.54, 1.807) is 18.6 Å². The van der Waals surface area contributed by atoms with Gasteiger partial charge in [-0.05, 0) is 38.3 Å². The Balaban J connectivity index is 1.49. The van der Waals surface area contributed by atoms with Gasteiger partial charge in [-0.3, -0.25) is 9.78 Å². The number of anilines is 1. The van der Waals surface area contributed by atoms with Crippen molar-refractivity contribution in [3.8, 4) is 0 Å². The molecular formula is C19H23N5O. The number of rotatable bonds is 2. The molecule has 0 radical (unpaired) electrons. The Labute approximate surface area is 147 Å². The molecule has 1 amide bonds. The van der Waals surface area contributed by atoms with Crippen LogP contribution in [-0.4, -0.2) is 51.9 Å². The quantitative estimate of drug-likeness (QED) is 0.841. The van der Waals surface area contributed by atoms with Crippen LogP contribution in [0, 0.1) is 12.3 Å². The fraction of sp³-hybridized carbons (Fsp3) is 0.474. The number of carbonyl (C=O) groups is 1. The number of amides is 1. The van der Waals surface area contributed by atoms with Gasteiger partial charge in [0.2, 0.25) is 0 Å². The summed E-state index contributed by atoms with van der Waals surface area (Å²) in [5.41, 5.74) is 1.65. The van der Waals surface area contributed by atoms with E-state index in [-0.39, 0.29) is 11.3 Å². The average Bonchev–Trinajstić information content (AvgIpc) is 3.05. The summed E-state index contributed by atoms with van der Waals surface area (Å²) in [6, 6.07) is 6.17. The van der Waals surface area contributed by atoms with Crippen LogP contribution in [0.4, 0.5) is 5.82 Å². The van der Waals surface area contributed by atoms with Crippen LogP contribution in [0.5, 0.6) is 0 Å². The second-order valence-corrected chi connectivity index (χ2v) is 7.23. The minimum atomic E-state index is -0.000643. The van der Waals surface area contributed by atoms with Crippen molar-refractivity contribution in [1.82, 2.24) is 19.9 Å². The summed E-state index contributed by atoms with van der Waals surface area (Å²) in [4.78, 5) is 29.9. The number of piperidine rings is 1. The lowest BCUT2D eigenvalue weighted by Gasteiger charge is -2.40. The molecule has 4 heterocycles. The third-order valence-corrected chi connectivity index (χ3v) is 5.37. The van der Waals surface area contributed by atoms with Gasteiger partial charge < -0.3 is 9.80 Å². The van der Waals surface area contributed by atoms with Crippen molar-refractivity contribution in [1.29, 1.82) is 0 Å². The highest BCUT2D eigenvalue weighted by molar-refractivity contribution is 5.92. The number of likely N-dealkylation sites (tertiary alicyclic amines) is 1. The first-order chi connectivity index (χ1) is 12.2. The van der Waals surface area contributed by atoms with E-state index in [0.29, 0.717) is 5.69 Å². The molecule has 130 valence electrons. The summed E-state index contributed by atoms with van der Waals surface area (Å²) < 4.78 is 0. The number of carbonyl (C=O) groups excluding carboxylic acids is 1. The highest BCUT2D eigenvalue weighted by Gasteiger charge is 2.43. The lowest BCUT2D eigenvalue weighted by Crippen LogP contribution is -2.47. The van der Waals surface area contributed by atoms with Crippen molar-refractivity contribution in [2.24, 2.45) is 5.41 Å². The number of nitrogens with zero attached hydrogens (tertiary/aromatic N) is 5. The molecular weight excluding hydrogens is 314 g/mol. The molecule has 1 atom stereocenters. The van der Waals surface area contributed by atoms with Crippen molar-refractivity contribution in [3.63, 3.8) is 0 Å². The third kappa shape index (κ3) is 3.21. The molecule has 0 aromatic carbocycles. The monoisotopic (exact) mass is 337 g/mol. The van der Waals surface area contributed by atoms with E-state index in [2.05, 4.69) is 32.0 Å². The van der Waals surface area contributed by atoms with Gasteiger partial charge in [-0.2, -0.15) is 0 Å². The fourth-order valence-corrected chi connectivity index (χ4v) is 4.12. The van der Waals surface area contributed by atoms with Crippen LogP contribution < -0.4 is 4.90 Å². The van der Waals surface area contributed by atoms with Gasteiger partial charge in [0, 0.05) is 49.7 Å². The molecule has 1 spiro atoms. The molecule has 2 aliphatic heterocycles. The molecule has 2 aromatic rings. The number of pyridine rings is 1. The Morgan fingerprint density at radius 1 is 1.16 bits per heavy atom. The first-order valence-corrected chi connectivity index (χ1v) is 8.89. The topological polar surface area (TPSA) is 62.2 Å². The zero-order valence-electron chi connectivity index (χ0n) is 14.6. The number of aryl methyl sites for hydroxylation is 1. The number of hydrogen-bond acceptors (Lipinski definition) is 5. The van der Waals surface area contributed by atoms with Gasteiger partial charge in [-0.25, -0.2) is 9.97 Å². The van der Waals surface area contributed by atoms with E-state index in [9.17, 15) is 4.79 Å². The van der Waals surface area contributed by atoms with Gasteiger partial charge in [0.15, 0.2) is 0 Å². The Kier molecular flexibility index (Phi) is 4.11. The molecule has 2 fully saturated rings. The van der Waals surface area contributed by atoms with Gasteiger partial charge in [-0.1, -0.05) is 6.07 Å². The Bertz CT molecular complexity index is 765. The summed E-state index contributed by atoms with van der Waals surface area (Å²) in [5.74, 6) is 1.05. The molecule has 0 bridgehead atoms. The lowest BCUT2D eigenvalue weighted by molar-refractivity contribution is 0.0550. The van der Waals surface area contributed by atoms with Crippen molar-refractivity contribution in [2.75, 3.05) is 31.1 Å². The minimum absolute atomic E-state index is 0.000643. The maximum atomic E-state index is 12.7. The highest BCUT2D eigenvalue weighted by Crippen LogP contribution is 2.40. The normalized spacial score (nSPS) is 23.2. The number of aromatic nitrogens is 3. The lowest BCUT2D eigenvalue weighted by atomic mass is 9.79. The van der Waals surface area contributed by atoms with Crippen LogP contribution >= 0.6 is 0 Å². The Morgan fingerprint density at radius 2 is 2.08 bits per heavy atom. The standard InChI is InChI=1S/C19H23N5O/c1-15-4-2-5-17(22-15)23-11-7-19(13-23)6-3-10-24(14-19)18(25)16-12-20-8-9-21-16/h2,4-5,8-9,12H,3,6-7,10-11,13-14H2,1H3.